The first kappa shape index (κ1) is 28.7. The standard InChI is InChI=1S/C37H36N.Ir/c1-28-13-10-14-29(2)37(28)35-23-24-38-36(27-35)34-22-12-21-33(26-34)32-20-11-19-31(25-32)18-7-4-3-6-15-30-16-8-5-9-17-30;/h5,8-14,16-17,19-21,23-27H,3-4,6-7,15,18H2,1-2H3;/q-1;. The summed E-state index contributed by atoms with van der Waals surface area (Å²) in [5, 5.41) is 0. The predicted molar refractivity (Wildman–Crippen MR) is 161 cm³/mol. The van der Waals surface area contributed by atoms with Crippen molar-refractivity contribution in [2.24, 2.45) is 0 Å². The largest absolute Gasteiger partial charge is 0.305 e. The topological polar surface area (TPSA) is 12.9 Å². The van der Waals surface area contributed by atoms with E-state index < -0.39 is 0 Å². The summed E-state index contributed by atoms with van der Waals surface area (Å²) in [5.41, 5.74) is 12.4. The first-order valence-corrected chi connectivity index (χ1v) is 13.9. The molecule has 4 aromatic carbocycles. The van der Waals surface area contributed by atoms with E-state index in [1.807, 2.05) is 12.3 Å². The zero-order valence-corrected chi connectivity index (χ0v) is 25.3. The summed E-state index contributed by atoms with van der Waals surface area (Å²) in [5.74, 6) is 0. The Morgan fingerprint density at radius 3 is 2.03 bits per heavy atom. The van der Waals surface area contributed by atoms with Gasteiger partial charge < -0.3 is 4.98 Å². The van der Waals surface area contributed by atoms with Gasteiger partial charge in [-0.2, -0.15) is 0 Å². The van der Waals surface area contributed by atoms with Crippen molar-refractivity contribution >= 4 is 0 Å². The van der Waals surface area contributed by atoms with Crippen LogP contribution in [0.2, 0.25) is 0 Å². The molecule has 0 bridgehead atoms. The number of nitrogens with zero attached hydrogens (tertiary/aromatic N) is 1. The molecule has 2 heteroatoms. The van der Waals surface area contributed by atoms with Crippen LogP contribution in [-0.2, 0) is 32.9 Å². The van der Waals surface area contributed by atoms with Gasteiger partial charge in [-0.3, -0.25) is 0 Å². The molecule has 0 atom stereocenters. The molecule has 0 saturated heterocycles. The van der Waals surface area contributed by atoms with Crippen molar-refractivity contribution in [2.45, 2.75) is 52.4 Å². The zero-order valence-electron chi connectivity index (χ0n) is 22.9. The Morgan fingerprint density at radius 1 is 0.590 bits per heavy atom. The third-order valence-corrected chi connectivity index (χ3v) is 7.39. The summed E-state index contributed by atoms with van der Waals surface area (Å²) in [6, 6.07) is 40.4. The van der Waals surface area contributed by atoms with Crippen molar-refractivity contribution in [1.82, 2.24) is 4.98 Å². The second-order valence-corrected chi connectivity index (χ2v) is 10.3. The van der Waals surface area contributed by atoms with E-state index in [4.69, 9.17) is 4.98 Å². The minimum absolute atomic E-state index is 0. The molecule has 0 aliphatic rings. The second kappa shape index (κ2) is 14.2. The van der Waals surface area contributed by atoms with E-state index in [0.29, 0.717) is 0 Å². The molecule has 1 radical (unpaired) electrons. The predicted octanol–water partition coefficient (Wildman–Crippen LogP) is 9.84. The number of hydrogen-bond donors (Lipinski definition) is 0. The minimum atomic E-state index is 0. The summed E-state index contributed by atoms with van der Waals surface area (Å²) in [7, 11) is 0. The van der Waals surface area contributed by atoms with Gasteiger partial charge in [0, 0.05) is 26.3 Å². The van der Waals surface area contributed by atoms with Crippen LogP contribution in [0.4, 0.5) is 0 Å². The first-order chi connectivity index (χ1) is 18.7. The minimum Gasteiger partial charge on any atom is -0.305 e. The van der Waals surface area contributed by atoms with Gasteiger partial charge in [-0.1, -0.05) is 91.7 Å². The summed E-state index contributed by atoms with van der Waals surface area (Å²) in [6.45, 7) is 4.35. The van der Waals surface area contributed by atoms with Crippen LogP contribution in [0, 0.1) is 19.9 Å². The van der Waals surface area contributed by atoms with Gasteiger partial charge in [0.15, 0.2) is 0 Å². The molecule has 0 aliphatic heterocycles. The van der Waals surface area contributed by atoms with Gasteiger partial charge in [0.2, 0.25) is 0 Å². The number of rotatable bonds is 10. The molecule has 199 valence electrons. The van der Waals surface area contributed by atoms with Crippen LogP contribution < -0.4 is 0 Å². The summed E-state index contributed by atoms with van der Waals surface area (Å²) in [6.07, 6.45) is 9.31. The van der Waals surface area contributed by atoms with E-state index >= 15 is 0 Å². The molecule has 1 heterocycles. The number of pyridine rings is 1. The van der Waals surface area contributed by atoms with Gasteiger partial charge in [0.25, 0.3) is 0 Å². The van der Waals surface area contributed by atoms with Crippen molar-refractivity contribution in [2.75, 3.05) is 0 Å². The summed E-state index contributed by atoms with van der Waals surface area (Å²) in [4.78, 5) is 4.70. The van der Waals surface area contributed by atoms with Crippen molar-refractivity contribution in [3.63, 3.8) is 0 Å². The molecule has 0 amide bonds. The molecule has 5 rings (SSSR count). The molecule has 1 aromatic heterocycles. The van der Waals surface area contributed by atoms with Gasteiger partial charge >= 0.3 is 0 Å². The van der Waals surface area contributed by atoms with Crippen LogP contribution in [0.25, 0.3) is 33.5 Å². The number of benzene rings is 4. The smallest absolute Gasteiger partial charge is 0.0166 e. The second-order valence-electron chi connectivity index (χ2n) is 10.3. The average molecular weight is 687 g/mol. The van der Waals surface area contributed by atoms with E-state index in [0.717, 1.165) is 17.7 Å². The van der Waals surface area contributed by atoms with Crippen LogP contribution in [-0.4, -0.2) is 4.98 Å². The van der Waals surface area contributed by atoms with Gasteiger partial charge in [0.1, 0.15) is 0 Å². The van der Waals surface area contributed by atoms with Crippen LogP contribution in [0.15, 0.2) is 109 Å². The molecular formula is C37H36IrN-. The normalized spacial score (nSPS) is 10.7. The number of unbranched alkanes of at least 4 members (excludes halogenated alkanes) is 3. The van der Waals surface area contributed by atoms with Crippen molar-refractivity contribution in [1.29, 1.82) is 0 Å². The fourth-order valence-electron chi connectivity index (χ4n) is 5.36. The Hall–Kier alpha value is -3.32. The fourth-order valence-corrected chi connectivity index (χ4v) is 5.36. The maximum absolute atomic E-state index is 4.70. The molecule has 0 saturated carbocycles. The maximum Gasteiger partial charge on any atom is 0.0166 e. The zero-order chi connectivity index (χ0) is 26.2. The number of hydrogen-bond acceptors (Lipinski definition) is 1. The Kier molecular flexibility index (Phi) is 10.4. The van der Waals surface area contributed by atoms with Gasteiger partial charge in [-0.15, -0.1) is 35.4 Å². The summed E-state index contributed by atoms with van der Waals surface area (Å²) >= 11 is 0. The molecular weight excluding hydrogens is 651 g/mol. The van der Waals surface area contributed by atoms with E-state index in [9.17, 15) is 0 Å². The van der Waals surface area contributed by atoms with E-state index in [1.165, 1.54) is 76.6 Å². The van der Waals surface area contributed by atoms with Crippen LogP contribution in [0.5, 0.6) is 0 Å². The summed E-state index contributed by atoms with van der Waals surface area (Å²) < 4.78 is 0. The third-order valence-electron chi connectivity index (χ3n) is 7.39. The molecule has 1 nitrogen and oxygen atoms in total. The van der Waals surface area contributed by atoms with Crippen molar-refractivity contribution in [3.05, 3.63) is 138 Å². The number of aromatic nitrogens is 1. The average Bonchev–Trinajstić information content (AvgIpc) is 2.96. The van der Waals surface area contributed by atoms with Crippen molar-refractivity contribution in [3.8, 4) is 33.5 Å². The molecule has 5 aromatic rings. The molecule has 39 heavy (non-hydrogen) atoms. The first-order valence-electron chi connectivity index (χ1n) is 13.9. The van der Waals surface area contributed by atoms with Crippen LogP contribution in [0.1, 0.15) is 47.9 Å². The van der Waals surface area contributed by atoms with Gasteiger partial charge in [-0.25, -0.2) is 0 Å². The molecule has 0 spiro atoms. The third kappa shape index (κ3) is 7.63. The maximum atomic E-state index is 4.70. The Labute approximate surface area is 247 Å². The van der Waals surface area contributed by atoms with Crippen LogP contribution in [0.3, 0.4) is 0 Å². The van der Waals surface area contributed by atoms with Crippen molar-refractivity contribution < 1.29 is 20.1 Å². The van der Waals surface area contributed by atoms with E-state index in [-0.39, 0.29) is 20.1 Å². The Morgan fingerprint density at radius 2 is 1.26 bits per heavy atom. The molecule has 0 fully saturated rings. The molecule has 0 aliphatic carbocycles. The van der Waals surface area contributed by atoms with Crippen LogP contribution >= 0.6 is 0 Å². The Bertz CT molecular complexity index is 1470. The molecule has 0 N–H and O–H groups in total. The van der Waals surface area contributed by atoms with E-state index in [1.54, 1.807) is 0 Å². The SMILES string of the molecule is Cc1cccc(C)c1-c1ccnc(-c2[c-]ccc(-c3cccc(CCCCCCc4ccccc4)c3)c2)c1.[Ir]. The quantitative estimate of drug-likeness (QED) is 0.105. The fraction of sp³-hybridized carbons (Fsp3) is 0.216. The monoisotopic (exact) mass is 687 g/mol. The number of aryl methyl sites for hydroxylation is 4. The Balaban J connectivity index is 0.00000353. The van der Waals surface area contributed by atoms with Gasteiger partial charge in [0.05, 0.1) is 0 Å². The molecule has 0 unspecified atom stereocenters. The van der Waals surface area contributed by atoms with Gasteiger partial charge in [-0.05, 0) is 90.2 Å². The van der Waals surface area contributed by atoms with E-state index in [2.05, 4.69) is 117 Å².